The zero-order valence-electron chi connectivity index (χ0n) is 16.7. The number of aryl methyl sites for hydroxylation is 1. The minimum absolute atomic E-state index is 0.458. The van der Waals surface area contributed by atoms with Crippen LogP contribution in [0, 0.1) is 6.92 Å². The van der Waals surface area contributed by atoms with Crippen LogP contribution in [0.15, 0.2) is 67.3 Å². The minimum atomic E-state index is 0.458. The Labute approximate surface area is 195 Å². The summed E-state index contributed by atoms with van der Waals surface area (Å²) >= 11 is 17.6. The molecule has 0 aliphatic rings. The summed E-state index contributed by atoms with van der Waals surface area (Å²) in [6, 6.07) is 13.7. The van der Waals surface area contributed by atoms with Gasteiger partial charge in [-0.1, -0.05) is 53.5 Å². The van der Waals surface area contributed by atoms with E-state index in [0.717, 1.165) is 16.9 Å². The molecule has 31 heavy (non-hydrogen) atoms. The number of nitrogens with one attached hydrogen (secondary N) is 2. The SMILES string of the molecule is Cc1ccccc1Cn1cc(NC(=S)Nc2cnn(Cc3ccc(Cl)cc3Cl)c2)cn1. The van der Waals surface area contributed by atoms with Gasteiger partial charge in [0.05, 0.1) is 36.9 Å². The van der Waals surface area contributed by atoms with Crippen LogP contribution in [-0.4, -0.2) is 24.7 Å². The van der Waals surface area contributed by atoms with Crippen molar-refractivity contribution < 1.29 is 0 Å². The standard InChI is InChI=1S/C22H20Cl2N6S/c1-15-4-2-3-5-16(15)11-29-13-19(9-25-29)27-22(31)28-20-10-26-30(14-20)12-17-6-7-18(23)8-21(17)24/h2-10,13-14H,11-12H2,1H3,(H2,27,28,31). The highest BCUT2D eigenvalue weighted by Crippen LogP contribution is 2.22. The van der Waals surface area contributed by atoms with Gasteiger partial charge in [-0.3, -0.25) is 9.36 Å². The van der Waals surface area contributed by atoms with Gasteiger partial charge in [-0.25, -0.2) is 0 Å². The first kappa shape index (κ1) is 21.4. The van der Waals surface area contributed by atoms with Crippen LogP contribution in [0.2, 0.25) is 10.0 Å². The third kappa shape index (κ3) is 5.64. The van der Waals surface area contributed by atoms with Crippen LogP contribution in [0.3, 0.4) is 0 Å². The highest BCUT2D eigenvalue weighted by atomic mass is 35.5. The summed E-state index contributed by atoms with van der Waals surface area (Å²) < 4.78 is 3.65. The first-order chi connectivity index (χ1) is 15.0. The Hall–Kier alpha value is -2.87. The first-order valence-electron chi connectivity index (χ1n) is 9.57. The Kier molecular flexibility index (Phi) is 6.56. The lowest BCUT2D eigenvalue weighted by Crippen LogP contribution is -2.18. The number of halogens is 2. The topological polar surface area (TPSA) is 59.7 Å². The van der Waals surface area contributed by atoms with Gasteiger partial charge in [-0.15, -0.1) is 0 Å². The van der Waals surface area contributed by atoms with Crippen LogP contribution in [0.4, 0.5) is 11.4 Å². The van der Waals surface area contributed by atoms with E-state index in [1.54, 1.807) is 23.1 Å². The molecule has 4 aromatic rings. The van der Waals surface area contributed by atoms with Crippen LogP contribution < -0.4 is 10.6 Å². The van der Waals surface area contributed by atoms with E-state index in [4.69, 9.17) is 35.4 Å². The second kappa shape index (κ2) is 9.51. The Morgan fingerprint density at radius 2 is 1.52 bits per heavy atom. The second-order valence-corrected chi connectivity index (χ2v) is 8.35. The molecule has 0 amide bonds. The van der Waals surface area contributed by atoms with Gasteiger partial charge in [0.1, 0.15) is 0 Å². The van der Waals surface area contributed by atoms with E-state index in [-0.39, 0.29) is 0 Å². The molecule has 0 bridgehead atoms. The van der Waals surface area contributed by atoms with Crippen molar-refractivity contribution in [2.75, 3.05) is 10.6 Å². The maximum Gasteiger partial charge on any atom is 0.175 e. The molecule has 0 saturated heterocycles. The van der Waals surface area contributed by atoms with Crippen molar-refractivity contribution in [2.45, 2.75) is 20.0 Å². The van der Waals surface area contributed by atoms with Crippen molar-refractivity contribution in [3.63, 3.8) is 0 Å². The number of thiocarbonyl (C=S) groups is 1. The Balaban J connectivity index is 1.33. The molecule has 2 N–H and O–H groups in total. The Morgan fingerprint density at radius 3 is 2.13 bits per heavy atom. The third-order valence-corrected chi connectivity index (χ3v) is 5.51. The molecule has 0 spiro atoms. The van der Waals surface area contributed by atoms with E-state index in [9.17, 15) is 0 Å². The lowest BCUT2D eigenvalue weighted by atomic mass is 10.1. The maximum atomic E-state index is 6.24. The van der Waals surface area contributed by atoms with E-state index in [1.807, 2.05) is 41.3 Å². The molecular weight excluding hydrogens is 451 g/mol. The quantitative estimate of drug-likeness (QED) is 0.359. The number of hydrogen-bond acceptors (Lipinski definition) is 3. The van der Waals surface area contributed by atoms with Gasteiger partial charge in [-0.05, 0) is 48.0 Å². The molecule has 4 rings (SSSR count). The number of rotatable bonds is 6. The van der Waals surface area contributed by atoms with E-state index >= 15 is 0 Å². The van der Waals surface area contributed by atoms with Crippen LogP contribution in [0.5, 0.6) is 0 Å². The molecule has 0 saturated carbocycles. The predicted molar refractivity (Wildman–Crippen MR) is 130 cm³/mol. The lowest BCUT2D eigenvalue weighted by molar-refractivity contribution is 0.684. The molecule has 0 atom stereocenters. The van der Waals surface area contributed by atoms with E-state index in [1.165, 1.54) is 11.1 Å². The molecule has 158 valence electrons. The summed E-state index contributed by atoms with van der Waals surface area (Å²) in [4.78, 5) is 0. The fourth-order valence-corrected chi connectivity index (χ4v) is 3.81. The van der Waals surface area contributed by atoms with Gasteiger partial charge in [0.2, 0.25) is 0 Å². The van der Waals surface area contributed by atoms with Crippen molar-refractivity contribution in [1.82, 2.24) is 19.6 Å². The molecule has 0 unspecified atom stereocenters. The van der Waals surface area contributed by atoms with Crippen LogP contribution >= 0.6 is 35.4 Å². The largest absolute Gasteiger partial charge is 0.330 e. The molecule has 9 heteroatoms. The number of anilines is 2. The normalized spacial score (nSPS) is 10.8. The Morgan fingerprint density at radius 1 is 0.903 bits per heavy atom. The van der Waals surface area contributed by atoms with Crippen molar-refractivity contribution in [1.29, 1.82) is 0 Å². The summed E-state index contributed by atoms with van der Waals surface area (Å²) in [5.41, 5.74) is 4.98. The van der Waals surface area contributed by atoms with Crippen molar-refractivity contribution >= 4 is 51.9 Å². The van der Waals surface area contributed by atoms with Crippen molar-refractivity contribution in [3.8, 4) is 0 Å². The molecule has 0 radical (unpaired) electrons. The third-order valence-electron chi connectivity index (χ3n) is 4.72. The van der Waals surface area contributed by atoms with Crippen LogP contribution in [0.25, 0.3) is 0 Å². The van der Waals surface area contributed by atoms with Gasteiger partial charge in [-0.2, -0.15) is 10.2 Å². The zero-order valence-corrected chi connectivity index (χ0v) is 19.0. The summed E-state index contributed by atoms with van der Waals surface area (Å²) in [6.45, 7) is 3.33. The zero-order chi connectivity index (χ0) is 21.8. The predicted octanol–water partition coefficient (Wildman–Crippen LogP) is 5.60. The second-order valence-electron chi connectivity index (χ2n) is 7.09. The average molecular weight is 471 g/mol. The first-order valence-corrected chi connectivity index (χ1v) is 10.7. The molecule has 2 aromatic carbocycles. The lowest BCUT2D eigenvalue weighted by Gasteiger charge is -2.07. The molecule has 2 aromatic heterocycles. The fraction of sp³-hybridized carbons (Fsp3) is 0.136. The molecule has 6 nitrogen and oxygen atoms in total. The van der Waals surface area contributed by atoms with Gasteiger partial charge in [0.25, 0.3) is 0 Å². The van der Waals surface area contributed by atoms with Crippen molar-refractivity contribution in [3.05, 3.63) is 94.0 Å². The molecular formula is C22H20Cl2N6S. The Bertz CT molecular complexity index is 1220. The van der Waals surface area contributed by atoms with Gasteiger partial charge < -0.3 is 10.6 Å². The smallest absolute Gasteiger partial charge is 0.175 e. The number of nitrogens with zero attached hydrogens (tertiary/aromatic N) is 4. The van der Waals surface area contributed by atoms with Crippen molar-refractivity contribution in [2.24, 2.45) is 0 Å². The van der Waals surface area contributed by atoms with Gasteiger partial charge in [0, 0.05) is 22.4 Å². The van der Waals surface area contributed by atoms with Crippen LogP contribution in [0.1, 0.15) is 16.7 Å². The summed E-state index contributed by atoms with van der Waals surface area (Å²) in [5.74, 6) is 0. The van der Waals surface area contributed by atoms with E-state index < -0.39 is 0 Å². The highest BCUT2D eigenvalue weighted by Gasteiger charge is 2.07. The van der Waals surface area contributed by atoms with E-state index in [2.05, 4.69) is 39.9 Å². The molecule has 0 fully saturated rings. The molecule has 0 aliphatic carbocycles. The summed E-state index contributed by atoms with van der Waals surface area (Å²) in [7, 11) is 0. The minimum Gasteiger partial charge on any atom is -0.330 e. The average Bonchev–Trinajstić information content (AvgIpc) is 3.35. The maximum absolute atomic E-state index is 6.24. The van der Waals surface area contributed by atoms with Gasteiger partial charge in [0.15, 0.2) is 5.11 Å². The molecule has 2 heterocycles. The number of hydrogen-bond donors (Lipinski definition) is 2. The van der Waals surface area contributed by atoms with Crippen LogP contribution in [-0.2, 0) is 13.1 Å². The molecule has 0 aliphatic heterocycles. The monoisotopic (exact) mass is 470 g/mol. The summed E-state index contributed by atoms with van der Waals surface area (Å²) in [5, 5.41) is 16.7. The van der Waals surface area contributed by atoms with E-state index in [0.29, 0.717) is 28.2 Å². The number of aromatic nitrogens is 4. The van der Waals surface area contributed by atoms with Gasteiger partial charge >= 0.3 is 0 Å². The summed E-state index contributed by atoms with van der Waals surface area (Å²) in [6.07, 6.45) is 7.24. The number of benzene rings is 2. The fourth-order valence-electron chi connectivity index (χ4n) is 3.11. The highest BCUT2D eigenvalue weighted by molar-refractivity contribution is 7.80.